The third-order valence-electron chi connectivity index (χ3n) is 1.36. The fourth-order valence-corrected chi connectivity index (χ4v) is 1.04. The van der Waals surface area contributed by atoms with Gasteiger partial charge in [-0.05, 0) is 6.92 Å². The molecule has 0 N–H and O–H groups in total. The Morgan fingerprint density at radius 2 is 2.36 bits per heavy atom. The van der Waals surface area contributed by atoms with Gasteiger partial charge < -0.3 is 0 Å². The molecule has 0 spiro atoms. The molecular formula is C7H7BClNO. The molecule has 4 heteroatoms. The van der Waals surface area contributed by atoms with Gasteiger partial charge in [0, 0.05) is 6.20 Å². The Morgan fingerprint density at radius 3 is 2.82 bits per heavy atom. The number of rotatable bonds is 1. The molecule has 0 aromatic carbocycles. The van der Waals surface area contributed by atoms with Gasteiger partial charge in [-0.15, -0.1) is 0 Å². The van der Waals surface area contributed by atoms with Crippen LogP contribution in [-0.2, 0) is 0 Å². The van der Waals surface area contributed by atoms with Crippen molar-refractivity contribution in [1.82, 2.24) is 4.98 Å². The van der Waals surface area contributed by atoms with Gasteiger partial charge >= 0.3 is 0 Å². The SMILES string of the molecule is Bc1cnc(Cl)c(C(C)=O)c1. The molecule has 0 aliphatic rings. The number of ketones is 1. The predicted octanol–water partition coefficient (Wildman–Crippen LogP) is 0.196. The van der Waals surface area contributed by atoms with E-state index in [4.69, 9.17) is 11.6 Å². The smallest absolute Gasteiger partial charge is 0.162 e. The Morgan fingerprint density at radius 1 is 1.73 bits per heavy atom. The van der Waals surface area contributed by atoms with E-state index in [1.165, 1.54) is 6.92 Å². The monoisotopic (exact) mass is 167 g/mol. The second-order valence-corrected chi connectivity index (χ2v) is 2.77. The van der Waals surface area contributed by atoms with E-state index in [0.717, 1.165) is 5.46 Å². The molecule has 11 heavy (non-hydrogen) atoms. The summed E-state index contributed by atoms with van der Waals surface area (Å²) >= 11 is 5.66. The quantitative estimate of drug-likeness (QED) is 0.340. The van der Waals surface area contributed by atoms with Gasteiger partial charge in [-0.1, -0.05) is 23.1 Å². The number of carbonyl (C=O) groups is 1. The van der Waals surface area contributed by atoms with Crippen LogP contribution < -0.4 is 5.46 Å². The minimum Gasteiger partial charge on any atom is -0.294 e. The van der Waals surface area contributed by atoms with Crippen molar-refractivity contribution in [3.63, 3.8) is 0 Å². The highest BCUT2D eigenvalue weighted by Gasteiger charge is 2.05. The summed E-state index contributed by atoms with van der Waals surface area (Å²) in [6, 6.07) is 1.73. The molecule has 0 saturated heterocycles. The zero-order valence-electron chi connectivity index (χ0n) is 6.39. The van der Waals surface area contributed by atoms with Crippen LogP contribution in [0.1, 0.15) is 17.3 Å². The standard InChI is InChI=1S/C7H7BClNO/c1-4(11)6-2-5(8)3-10-7(6)9/h2-3H,8H2,1H3. The summed E-state index contributed by atoms with van der Waals surface area (Å²) in [4.78, 5) is 14.7. The highest BCUT2D eigenvalue weighted by Crippen LogP contribution is 2.10. The summed E-state index contributed by atoms with van der Waals surface area (Å²) in [5.74, 6) is -0.0498. The molecule has 0 unspecified atom stereocenters. The van der Waals surface area contributed by atoms with Crippen molar-refractivity contribution in [1.29, 1.82) is 0 Å². The molecule has 0 radical (unpaired) electrons. The number of Topliss-reactive ketones (excluding diaryl/α,β-unsaturated/α-hetero) is 1. The molecule has 56 valence electrons. The molecule has 0 fully saturated rings. The van der Waals surface area contributed by atoms with Crippen molar-refractivity contribution in [2.45, 2.75) is 6.92 Å². The van der Waals surface area contributed by atoms with E-state index >= 15 is 0 Å². The molecule has 0 saturated carbocycles. The lowest BCUT2D eigenvalue weighted by atomic mass is 9.96. The number of halogens is 1. The van der Waals surface area contributed by atoms with Crippen LogP contribution in [0.25, 0.3) is 0 Å². The van der Waals surface area contributed by atoms with E-state index in [9.17, 15) is 4.79 Å². The van der Waals surface area contributed by atoms with Crippen LogP contribution in [0, 0.1) is 0 Å². The van der Waals surface area contributed by atoms with Crippen LogP contribution in [0.2, 0.25) is 5.15 Å². The first-order valence-corrected chi connectivity index (χ1v) is 3.62. The van der Waals surface area contributed by atoms with Gasteiger partial charge in [0.1, 0.15) is 13.0 Å². The molecule has 0 atom stereocenters. The van der Waals surface area contributed by atoms with E-state index in [2.05, 4.69) is 4.98 Å². The summed E-state index contributed by atoms with van der Waals surface area (Å²) in [5.41, 5.74) is 1.44. The number of hydrogen-bond acceptors (Lipinski definition) is 2. The van der Waals surface area contributed by atoms with Crippen molar-refractivity contribution in [2.24, 2.45) is 0 Å². The maximum absolute atomic E-state index is 10.9. The first kappa shape index (κ1) is 8.27. The van der Waals surface area contributed by atoms with Crippen LogP contribution in [0.15, 0.2) is 12.3 Å². The van der Waals surface area contributed by atoms with Crippen LogP contribution in [0.5, 0.6) is 0 Å². The summed E-state index contributed by atoms with van der Waals surface area (Å²) < 4.78 is 0. The van der Waals surface area contributed by atoms with Gasteiger partial charge in [-0.3, -0.25) is 4.79 Å². The normalized spacial score (nSPS) is 9.64. The number of nitrogens with zero attached hydrogens (tertiary/aromatic N) is 1. The van der Waals surface area contributed by atoms with Gasteiger partial charge in [-0.2, -0.15) is 0 Å². The number of aromatic nitrogens is 1. The van der Waals surface area contributed by atoms with E-state index in [-0.39, 0.29) is 10.9 Å². The third kappa shape index (κ3) is 1.81. The van der Waals surface area contributed by atoms with Crippen molar-refractivity contribution in [3.8, 4) is 0 Å². The number of pyridine rings is 1. The predicted molar refractivity (Wildman–Crippen MR) is 47.4 cm³/mol. The maximum Gasteiger partial charge on any atom is 0.162 e. The molecule has 0 bridgehead atoms. The topological polar surface area (TPSA) is 30.0 Å². The second kappa shape index (κ2) is 3.05. The van der Waals surface area contributed by atoms with Crippen molar-refractivity contribution in [2.75, 3.05) is 0 Å². The lowest BCUT2D eigenvalue weighted by molar-refractivity contribution is 0.101. The largest absolute Gasteiger partial charge is 0.294 e. The molecule has 1 aromatic heterocycles. The van der Waals surface area contributed by atoms with Crippen molar-refractivity contribution in [3.05, 3.63) is 23.0 Å². The average molecular weight is 167 g/mol. The van der Waals surface area contributed by atoms with Crippen LogP contribution in [0.3, 0.4) is 0 Å². The summed E-state index contributed by atoms with van der Waals surface area (Å²) in [7, 11) is 1.87. The fourth-order valence-electron chi connectivity index (χ4n) is 0.799. The third-order valence-corrected chi connectivity index (χ3v) is 1.66. The van der Waals surface area contributed by atoms with E-state index in [0.29, 0.717) is 5.56 Å². The van der Waals surface area contributed by atoms with Crippen LogP contribution in [0.4, 0.5) is 0 Å². The minimum absolute atomic E-state index is 0.0498. The van der Waals surface area contributed by atoms with E-state index in [1.807, 2.05) is 7.85 Å². The Labute approximate surface area is 71.0 Å². The zero-order chi connectivity index (χ0) is 8.43. The first-order valence-electron chi connectivity index (χ1n) is 3.24. The van der Waals surface area contributed by atoms with Crippen LogP contribution >= 0.6 is 11.6 Å². The molecule has 0 aliphatic carbocycles. The van der Waals surface area contributed by atoms with E-state index in [1.54, 1.807) is 12.3 Å². The molecule has 0 amide bonds. The molecule has 1 rings (SSSR count). The Kier molecular flexibility index (Phi) is 2.30. The van der Waals surface area contributed by atoms with E-state index < -0.39 is 0 Å². The molecule has 1 aromatic rings. The fraction of sp³-hybridized carbons (Fsp3) is 0.143. The van der Waals surface area contributed by atoms with Gasteiger partial charge in [0.05, 0.1) is 5.56 Å². The summed E-state index contributed by atoms with van der Waals surface area (Å²) in [5, 5.41) is 0.281. The highest BCUT2D eigenvalue weighted by molar-refractivity contribution is 6.35. The summed E-state index contributed by atoms with van der Waals surface area (Å²) in [6.07, 6.45) is 1.63. The second-order valence-electron chi connectivity index (χ2n) is 2.41. The van der Waals surface area contributed by atoms with Crippen molar-refractivity contribution >= 4 is 30.7 Å². The maximum atomic E-state index is 10.9. The zero-order valence-corrected chi connectivity index (χ0v) is 7.14. The van der Waals surface area contributed by atoms with Gasteiger partial charge in [0.15, 0.2) is 5.78 Å². The Hall–Kier alpha value is -0.825. The van der Waals surface area contributed by atoms with Gasteiger partial charge in [0.2, 0.25) is 0 Å². The molecule has 0 aliphatic heterocycles. The van der Waals surface area contributed by atoms with Gasteiger partial charge in [-0.25, -0.2) is 4.98 Å². The van der Waals surface area contributed by atoms with Crippen molar-refractivity contribution < 1.29 is 4.79 Å². The lowest BCUT2D eigenvalue weighted by Gasteiger charge is -1.98. The minimum atomic E-state index is -0.0498. The average Bonchev–Trinajstić information content (AvgIpc) is 1.94. The molecular weight excluding hydrogens is 160 g/mol. The van der Waals surface area contributed by atoms with Gasteiger partial charge in [0.25, 0.3) is 0 Å². The number of carbonyl (C=O) groups excluding carboxylic acids is 1. The Balaban J connectivity index is 3.23. The Bertz CT molecular complexity index is 300. The highest BCUT2D eigenvalue weighted by atomic mass is 35.5. The van der Waals surface area contributed by atoms with Crippen LogP contribution in [-0.4, -0.2) is 18.6 Å². The first-order chi connectivity index (χ1) is 5.11. The molecule has 1 heterocycles. The lowest BCUT2D eigenvalue weighted by Crippen LogP contribution is -2.07. The molecule has 2 nitrogen and oxygen atoms in total. The number of hydrogen-bond donors (Lipinski definition) is 0. The summed E-state index contributed by atoms with van der Waals surface area (Å²) in [6.45, 7) is 1.47.